The van der Waals surface area contributed by atoms with Gasteiger partial charge < -0.3 is 29.7 Å². The van der Waals surface area contributed by atoms with E-state index < -0.39 is 17.7 Å². The van der Waals surface area contributed by atoms with Gasteiger partial charge >= 0.3 is 35.0 Å². The number of rotatable bonds is 7. The van der Waals surface area contributed by atoms with Gasteiger partial charge in [0.15, 0.2) is 5.78 Å². The molecule has 0 amide bonds. The standard InChI is InChI=1S/C36H37N4O6.Mg/c1-8-19-16(3)23-12-24-17(4)21(10-11-29(42)45-6)33(39-24)31-32(36(44)46-7)35(43)30-18(5)25(40-34(30)31)13-27-20(9-2)22(15-41)28(38-27)14-26(19)37-23;/h12-15,17,21,32H,8-11H2,1-7H3,(H-,39,40,41,43);/q-3;+2/p-1/b24-12-,28-14-;/t17-,21-,32+;/m0./s1. The average molecular weight is 645 g/mol. The van der Waals surface area contributed by atoms with Crippen LogP contribution in [0, 0.1) is 31.6 Å². The number of fused-ring (bicyclic) bond motifs is 7. The fraction of sp³-hybridized carbons (Fsp3) is 0.389. The van der Waals surface area contributed by atoms with Gasteiger partial charge in [0.25, 0.3) is 0 Å². The summed E-state index contributed by atoms with van der Waals surface area (Å²) in [5, 5.41) is 6.22. The van der Waals surface area contributed by atoms with E-state index in [-0.39, 0.29) is 47.3 Å². The topological polar surface area (TPSA) is 143 Å². The molecule has 1 saturated heterocycles. The number of ketones is 1. The summed E-state index contributed by atoms with van der Waals surface area (Å²) in [6.45, 7) is 9.87. The van der Waals surface area contributed by atoms with Crippen molar-refractivity contribution in [3.63, 3.8) is 0 Å². The van der Waals surface area contributed by atoms with Crippen molar-refractivity contribution in [2.24, 2.45) is 17.8 Å². The minimum atomic E-state index is -1.23. The molecule has 0 saturated carbocycles. The van der Waals surface area contributed by atoms with E-state index in [1.54, 1.807) is 13.0 Å². The van der Waals surface area contributed by atoms with Crippen LogP contribution < -0.4 is 25.7 Å². The van der Waals surface area contributed by atoms with Gasteiger partial charge in [0.2, 0.25) is 0 Å². The van der Waals surface area contributed by atoms with Gasteiger partial charge in [0.05, 0.1) is 14.2 Å². The molecule has 47 heavy (non-hydrogen) atoms. The molecule has 11 heteroatoms. The van der Waals surface area contributed by atoms with E-state index >= 15 is 0 Å². The van der Waals surface area contributed by atoms with Gasteiger partial charge in [-0.2, -0.15) is 11.4 Å². The van der Waals surface area contributed by atoms with E-state index in [0.29, 0.717) is 62.9 Å². The quantitative estimate of drug-likeness (QED) is 0.164. The van der Waals surface area contributed by atoms with Crippen molar-refractivity contribution in [1.82, 2.24) is 15.0 Å². The number of aldehydes is 1. The molecular formula is C36H36MgN4O6-2. The van der Waals surface area contributed by atoms with Crippen molar-refractivity contribution in [3.8, 4) is 0 Å². The van der Waals surface area contributed by atoms with Crippen LogP contribution in [0.15, 0.2) is 11.4 Å². The maximum atomic E-state index is 14.0. The van der Waals surface area contributed by atoms with Gasteiger partial charge in [0, 0.05) is 17.5 Å². The molecule has 1 aliphatic carbocycles. The Hall–Kier alpha value is -4.09. The van der Waals surface area contributed by atoms with Crippen LogP contribution in [0.4, 0.5) is 0 Å². The largest absolute Gasteiger partial charge is 2.00 e. The average Bonchev–Trinajstić information content (AvgIpc) is 3.79. The molecular weight excluding hydrogens is 609 g/mol. The molecule has 3 atom stereocenters. The first-order chi connectivity index (χ1) is 22.1. The second kappa shape index (κ2) is 13.2. The predicted molar refractivity (Wildman–Crippen MR) is 177 cm³/mol. The molecule has 0 aromatic carbocycles. The van der Waals surface area contributed by atoms with E-state index in [1.165, 1.54) is 14.2 Å². The zero-order valence-electron chi connectivity index (χ0n) is 27.8. The monoisotopic (exact) mass is 644 g/mol. The van der Waals surface area contributed by atoms with Gasteiger partial charge in [0.1, 0.15) is 12.2 Å². The van der Waals surface area contributed by atoms with Crippen LogP contribution in [0.25, 0.3) is 29.1 Å². The number of carbonyl (C=O) groups excluding carboxylic acids is 4. The molecule has 8 bridgehead atoms. The molecule has 0 unspecified atom stereocenters. The van der Waals surface area contributed by atoms with Gasteiger partial charge in [-0.1, -0.05) is 66.8 Å². The third kappa shape index (κ3) is 5.43. The summed E-state index contributed by atoms with van der Waals surface area (Å²) >= 11 is 0. The van der Waals surface area contributed by atoms with Crippen molar-refractivity contribution < 1.29 is 28.7 Å². The van der Waals surface area contributed by atoms with Gasteiger partial charge in [-0.15, -0.1) is 33.5 Å². The molecule has 5 heterocycles. The Bertz CT molecular complexity index is 2010. The van der Waals surface area contributed by atoms with Crippen LogP contribution in [-0.4, -0.2) is 61.3 Å². The molecule has 240 valence electrons. The van der Waals surface area contributed by atoms with Crippen molar-refractivity contribution in [2.75, 3.05) is 14.2 Å². The molecule has 3 aliphatic rings. The van der Waals surface area contributed by atoms with Crippen LogP contribution in [0.3, 0.4) is 0 Å². The van der Waals surface area contributed by atoms with Crippen molar-refractivity contribution >= 4 is 70.9 Å². The molecule has 1 fully saturated rings. The zero-order chi connectivity index (χ0) is 33.0. The maximum absolute atomic E-state index is 14.0. The summed E-state index contributed by atoms with van der Waals surface area (Å²) in [6, 6.07) is 0. The summed E-state index contributed by atoms with van der Waals surface area (Å²) in [6.07, 6.45) is 8.25. The number of hydrogen-bond donors (Lipinski definition) is 0. The fourth-order valence-corrected chi connectivity index (χ4v) is 7.20. The first-order valence-corrected chi connectivity index (χ1v) is 15.6. The minimum Gasteiger partial charge on any atom is -0.664 e. The number of nitrogens with zero attached hydrogens (tertiary/aromatic N) is 4. The molecule has 3 aromatic rings. The first kappa shape index (κ1) is 34.2. The molecule has 2 aliphatic heterocycles. The van der Waals surface area contributed by atoms with E-state index in [9.17, 15) is 19.2 Å². The number of Topliss-reactive ketones (excluding diaryl/α,β-unsaturated/α-hetero) is 1. The maximum Gasteiger partial charge on any atom is 2.00 e. The Balaban J connectivity index is 0.00000433. The normalized spacial score (nSPS) is 23.4. The molecule has 0 N–H and O–H groups in total. The van der Waals surface area contributed by atoms with Crippen molar-refractivity contribution in [1.29, 1.82) is 0 Å². The Morgan fingerprint density at radius 3 is 2.21 bits per heavy atom. The third-order valence-corrected chi connectivity index (χ3v) is 9.75. The van der Waals surface area contributed by atoms with Crippen LogP contribution in [0.1, 0.15) is 99.4 Å². The SMILES string of the molecule is CCc1c2[n-]c(c1C)/C=C1\[N-]/C(=C3\c4[n-]c(c(C)c4C(=O)[C@@H]3C(=O)OC)/C=c3\[n-]/c(c(C=O)c3CC)=C\2)[C@@H](CCC(=O)OC)[C@@H]1C.[Mg+2]. The van der Waals surface area contributed by atoms with Gasteiger partial charge in [-0.25, -0.2) is 0 Å². The molecule has 6 rings (SSSR count). The van der Waals surface area contributed by atoms with Crippen molar-refractivity contribution in [3.05, 3.63) is 83.6 Å². The predicted octanol–water partition coefficient (Wildman–Crippen LogP) is 3.03. The number of ether oxygens (including phenoxy) is 2. The van der Waals surface area contributed by atoms with E-state index in [2.05, 4.69) is 6.92 Å². The summed E-state index contributed by atoms with van der Waals surface area (Å²) in [5.41, 5.74) is 8.31. The summed E-state index contributed by atoms with van der Waals surface area (Å²) < 4.78 is 10.1. The summed E-state index contributed by atoms with van der Waals surface area (Å²) in [7, 11) is 2.61. The van der Waals surface area contributed by atoms with Crippen LogP contribution in [0.5, 0.6) is 0 Å². The molecule has 10 nitrogen and oxygen atoms in total. The molecule has 0 spiro atoms. The summed E-state index contributed by atoms with van der Waals surface area (Å²) in [4.78, 5) is 66.8. The van der Waals surface area contributed by atoms with Crippen molar-refractivity contribution in [2.45, 2.75) is 60.3 Å². The number of carbonyl (C=O) groups is 4. The third-order valence-electron chi connectivity index (χ3n) is 9.75. The van der Waals surface area contributed by atoms with E-state index in [1.807, 2.05) is 32.9 Å². The second-order valence-electron chi connectivity index (χ2n) is 12.0. The van der Waals surface area contributed by atoms with Crippen LogP contribution >= 0.6 is 0 Å². The van der Waals surface area contributed by atoms with E-state index in [0.717, 1.165) is 46.5 Å². The Labute approximate surface area is 289 Å². The second-order valence-corrected chi connectivity index (χ2v) is 12.0. The smallest absolute Gasteiger partial charge is 0.664 e. The number of methoxy groups -OCH3 is 2. The van der Waals surface area contributed by atoms with Gasteiger partial charge in [-0.05, 0) is 44.9 Å². The van der Waals surface area contributed by atoms with Crippen LogP contribution in [-0.2, 0) is 31.9 Å². The number of esters is 2. The Kier molecular flexibility index (Phi) is 9.61. The number of hydrogen-bond acceptors (Lipinski definition) is 6. The zero-order valence-corrected chi connectivity index (χ0v) is 29.2. The molecule has 3 aromatic heterocycles. The summed E-state index contributed by atoms with van der Waals surface area (Å²) in [5.74, 6) is -3.17. The minimum absolute atomic E-state index is 0. The Morgan fingerprint density at radius 1 is 0.894 bits per heavy atom. The number of allylic oxidation sites excluding steroid dienone is 2. The van der Waals surface area contributed by atoms with E-state index in [4.69, 9.17) is 29.7 Å². The van der Waals surface area contributed by atoms with Crippen LogP contribution in [0.2, 0.25) is 0 Å². The number of aromatic nitrogens is 3. The van der Waals surface area contributed by atoms with Gasteiger partial charge in [-0.3, -0.25) is 19.2 Å². The first-order valence-electron chi connectivity index (χ1n) is 15.6. The molecule has 0 radical (unpaired) electrons. The Morgan fingerprint density at radius 2 is 1.57 bits per heavy atom. The fourth-order valence-electron chi connectivity index (χ4n) is 7.20.